The van der Waals surface area contributed by atoms with E-state index in [1.165, 1.54) is 64.2 Å². The van der Waals surface area contributed by atoms with Gasteiger partial charge in [-0.2, -0.15) is 13.2 Å². The Hall–Kier alpha value is -1.57. The van der Waals surface area contributed by atoms with Crippen molar-refractivity contribution in [3.8, 4) is 0 Å². The van der Waals surface area contributed by atoms with Crippen LogP contribution in [0.4, 0.5) is 13.2 Å². The van der Waals surface area contributed by atoms with Gasteiger partial charge in [-0.3, -0.25) is 4.79 Å². The molecule has 5 rings (SSSR count). The fraction of sp³-hybridized carbons (Fsp3) is 0.788. The van der Waals surface area contributed by atoms with Crippen LogP contribution in [0, 0.1) is 52.3 Å². The van der Waals surface area contributed by atoms with E-state index in [1.807, 2.05) is 0 Å². The highest BCUT2D eigenvalue weighted by molar-refractivity contribution is 7.90. The number of amides is 1. The highest BCUT2D eigenvalue weighted by atomic mass is 32.2. The maximum absolute atomic E-state index is 12.8. The van der Waals surface area contributed by atoms with E-state index in [9.17, 15) is 26.4 Å². The molecule has 0 aromatic heterocycles. The van der Waals surface area contributed by atoms with Gasteiger partial charge in [-0.05, 0) is 128 Å². The number of alkyl halides is 3. The second-order valence-corrected chi connectivity index (χ2v) is 16.1. The van der Waals surface area contributed by atoms with E-state index >= 15 is 0 Å². The van der Waals surface area contributed by atoms with Crippen LogP contribution in [0.2, 0.25) is 0 Å². The Morgan fingerprint density at radius 3 is 2.32 bits per heavy atom. The molecule has 0 aliphatic heterocycles. The van der Waals surface area contributed by atoms with Crippen molar-refractivity contribution in [2.24, 2.45) is 52.3 Å². The fourth-order valence-corrected chi connectivity index (χ4v) is 11.7. The van der Waals surface area contributed by atoms with Gasteiger partial charge in [0.1, 0.15) is 0 Å². The van der Waals surface area contributed by atoms with E-state index in [1.54, 1.807) is 0 Å². The Bertz CT molecular complexity index is 1220. The molecule has 1 aromatic carbocycles. The third-order valence-corrected chi connectivity index (χ3v) is 14.0. The number of fused-ring (bicyclic) bond motifs is 5. The van der Waals surface area contributed by atoms with Gasteiger partial charge in [0.15, 0.2) is 0 Å². The smallest absolute Gasteiger partial charge is 0.274 e. The van der Waals surface area contributed by atoms with Crippen LogP contribution in [0.5, 0.6) is 0 Å². The lowest BCUT2D eigenvalue weighted by Crippen LogP contribution is -2.55. The monoisotopic (exact) mass is 595 g/mol. The number of rotatable bonds is 7. The molecule has 0 saturated heterocycles. The van der Waals surface area contributed by atoms with Crippen molar-refractivity contribution >= 4 is 15.9 Å². The zero-order valence-electron chi connectivity index (χ0n) is 25.1. The molecule has 9 atom stereocenters. The molecular weight excluding hydrogens is 547 g/mol. The highest BCUT2D eigenvalue weighted by Gasteiger charge is 2.61. The summed E-state index contributed by atoms with van der Waals surface area (Å²) in [7, 11) is -4.22. The average molecular weight is 596 g/mol. The van der Waals surface area contributed by atoms with E-state index in [2.05, 4.69) is 32.4 Å². The average Bonchev–Trinajstić information content (AvgIpc) is 3.27. The fourth-order valence-electron chi connectivity index (χ4n) is 10.6. The first-order valence-corrected chi connectivity index (χ1v) is 17.4. The zero-order chi connectivity index (χ0) is 29.8. The Morgan fingerprint density at radius 1 is 0.976 bits per heavy atom. The van der Waals surface area contributed by atoms with Crippen molar-refractivity contribution in [3.63, 3.8) is 0 Å². The summed E-state index contributed by atoms with van der Waals surface area (Å²) in [6, 6.07) is 3.22. The summed E-state index contributed by atoms with van der Waals surface area (Å²) < 4.78 is 65.9. The van der Waals surface area contributed by atoms with E-state index in [0.29, 0.717) is 23.7 Å². The Balaban J connectivity index is 1.21. The largest absolute Gasteiger partial charge is 0.416 e. The van der Waals surface area contributed by atoms with Crippen molar-refractivity contribution in [3.05, 3.63) is 29.8 Å². The molecule has 0 spiro atoms. The topological polar surface area (TPSA) is 63.2 Å². The first-order valence-electron chi connectivity index (χ1n) is 15.9. The molecule has 1 amide bonds. The maximum Gasteiger partial charge on any atom is 0.416 e. The van der Waals surface area contributed by atoms with E-state index < -0.39 is 27.7 Å². The maximum atomic E-state index is 12.8. The molecule has 0 radical (unpaired) electrons. The van der Waals surface area contributed by atoms with Gasteiger partial charge >= 0.3 is 6.18 Å². The molecule has 4 nitrogen and oxygen atoms in total. The van der Waals surface area contributed by atoms with Crippen LogP contribution in [0.25, 0.3) is 0 Å². The number of hydrogen-bond donors (Lipinski definition) is 1. The first-order chi connectivity index (χ1) is 19.2. The molecule has 0 heterocycles. The van der Waals surface area contributed by atoms with Gasteiger partial charge in [-0.1, -0.05) is 47.0 Å². The minimum absolute atomic E-state index is 0.0853. The molecule has 1 N–H and O–H groups in total. The third-order valence-electron chi connectivity index (χ3n) is 12.6. The minimum atomic E-state index is -4.55. The van der Waals surface area contributed by atoms with Crippen LogP contribution in [0.3, 0.4) is 0 Å². The molecule has 4 fully saturated rings. The van der Waals surface area contributed by atoms with Crippen molar-refractivity contribution in [1.29, 1.82) is 0 Å². The number of benzene rings is 1. The number of hydrogen-bond acceptors (Lipinski definition) is 3. The molecule has 4 aliphatic carbocycles. The summed E-state index contributed by atoms with van der Waals surface area (Å²) >= 11 is 0. The molecule has 0 bridgehead atoms. The van der Waals surface area contributed by atoms with Gasteiger partial charge in [-0.15, -0.1) is 0 Å². The Labute approximate surface area is 244 Å². The van der Waals surface area contributed by atoms with Gasteiger partial charge in [0.25, 0.3) is 10.0 Å². The lowest BCUT2D eigenvalue weighted by atomic mass is 9.42. The molecule has 1 aromatic rings. The Kier molecular flexibility index (Phi) is 8.41. The molecular formula is C33H48F3NO3S. The van der Waals surface area contributed by atoms with Crippen molar-refractivity contribution in [1.82, 2.24) is 4.72 Å². The Morgan fingerprint density at radius 2 is 1.66 bits per heavy atom. The number of sulfonamides is 1. The van der Waals surface area contributed by atoms with Crippen LogP contribution in [0.15, 0.2) is 29.2 Å². The van der Waals surface area contributed by atoms with Gasteiger partial charge in [0.2, 0.25) is 5.91 Å². The number of nitrogens with one attached hydrogen (secondary N) is 1. The number of carbonyl (C=O) groups is 1. The predicted molar refractivity (Wildman–Crippen MR) is 154 cm³/mol. The summed E-state index contributed by atoms with van der Waals surface area (Å²) in [6.07, 6.45) is 9.39. The molecule has 8 heteroatoms. The normalized spacial score (nSPS) is 37.9. The molecule has 4 saturated carbocycles. The predicted octanol–water partition coefficient (Wildman–Crippen LogP) is 8.61. The number of halogens is 3. The summed E-state index contributed by atoms with van der Waals surface area (Å²) in [5.74, 6) is 4.31. The third kappa shape index (κ3) is 5.60. The van der Waals surface area contributed by atoms with Crippen molar-refractivity contribution in [2.75, 3.05) is 0 Å². The van der Waals surface area contributed by atoms with Crippen LogP contribution >= 0.6 is 0 Å². The second-order valence-electron chi connectivity index (χ2n) is 14.4. The summed E-state index contributed by atoms with van der Waals surface area (Å²) in [4.78, 5) is 12.4. The van der Waals surface area contributed by atoms with Crippen molar-refractivity contribution < 1.29 is 26.4 Å². The van der Waals surface area contributed by atoms with Gasteiger partial charge in [0, 0.05) is 6.42 Å². The molecule has 41 heavy (non-hydrogen) atoms. The minimum Gasteiger partial charge on any atom is -0.274 e. The van der Waals surface area contributed by atoms with Crippen LogP contribution in [-0.2, 0) is 21.0 Å². The quantitative estimate of drug-likeness (QED) is 0.343. The molecule has 4 aliphatic rings. The van der Waals surface area contributed by atoms with Crippen molar-refractivity contribution in [2.45, 2.75) is 116 Å². The van der Waals surface area contributed by atoms with Gasteiger partial charge in [-0.25, -0.2) is 13.1 Å². The van der Waals surface area contributed by atoms with Crippen LogP contribution < -0.4 is 4.72 Å². The molecule has 3 unspecified atom stereocenters. The first kappa shape index (κ1) is 30.9. The summed E-state index contributed by atoms with van der Waals surface area (Å²) in [6.45, 7) is 9.75. The lowest BCUT2D eigenvalue weighted by Gasteiger charge is -2.63. The van der Waals surface area contributed by atoms with E-state index in [0.717, 1.165) is 53.9 Å². The van der Waals surface area contributed by atoms with Crippen LogP contribution in [0.1, 0.15) is 110 Å². The van der Waals surface area contributed by atoms with Crippen LogP contribution in [-0.4, -0.2) is 14.3 Å². The summed E-state index contributed by atoms with van der Waals surface area (Å²) in [5, 5.41) is 0. The van der Waals surface area contributed by atoms with Gasteiger partial charge in [0.05, 0.1) is 10.5 Å². The van der Waals surface area contributed by atoms with E-state index in [4.69, 9.17) is 0 Å². The highest BCUT2D eigenvalue weighted by Crippen LogP contribution is 2.69. The standard InChI is InChI=1S/C33H48F3NO3S/c1-5-22-20-25-28-15-14-26(32(28,4)19-17-29(25)31(3)18-7-6-8-27(22)31)21(2)9-16-30(38)37-41(39,40)24-12-10-23(11-13-24)33(34,35)36/h10-13,21-22,25-29H,5-9,14-20H2,1-4H3,(H,37,38)/t21-,22+,25?,26-,27+,28?,29?,31+,32-/m1/s1. The lowest BCUT2D eigenvalue weighted by molar-refractivity contribution is -0.138. The number of carbonyl (C=O) groups excluding carboxylic acids is 1. The molecule has 230 valence electrons. The van der Waals surface area contributed by atoms with E-state index in [-0.39, 0.29) is 16.7 Å². The second kappa shape index (κ2) is 11.2. The summed E-state index contributed by atoms with van der Waals surface area (Å²) in [5.41, 5.74) is -0.177. The van der Waals surface area contributed by atoms with Gasteiger partial charge < -0.3 is 0 Å². The SMILES string of the molecule is CC[C@H]1CC2C3CC[C@H]([C@H](C)CCC(=O)NS(=O)(=O)c4ccc(C(F)(F)F)cc4)[C@@]3(C)CCC2[C@@]2(C)CCCC[C@@H]12. The zero-order valence-corrected chi connectivity index (χ0v) is 25.9.